The van der Waals surface area contributed by atoms with E-state index in [4.69, 9.17) is 0 Å². The number of anilines is 3. The first kappa shape index (κ1) is 18.7. The number of amides is 1. The van der Waals surface area contributed by atoms with Crippen LogP contribution in [0.15, 0.2) is 36.8 Å². The Labute approximate surface area is 166 Å². The molecule has 7 nitrogen and oxygen atoms in total. The van der Waals surface area contributed by atoms with Crippen molar-refractivity contribution in [3.8, 4) is 0 Å². The van der Waals surface area contributed by atoms with E-state index < -0.39 is 0 Å². The molecule has 0 spiro atoms. The highest BCUT2D eigenvalue weighted by molar-refractivity contribution is 5.90. The molecule has 4 rings (SSSR count). The molecule has 148 valence electrons. The Kier molecular flexibility index (Phi) is 5.99. The quantitative estimate of drug-likeness (QED) is 0.830. The summed E-state index contributed by atoms with van der Waals surface area (Å²) in [5.74, 6) is 2.52. The third-order valence-electron chi connectivity index (χ3n) is 5.71. The number of hydrogen-bond acceptors (Lipinski definition) is 6. The topological polar surface area (TPSA) is 74.2 Å². The molecule has 0 unspecified atom stereocenters. The van der Waals surface area contributed by atoms with Gasteiger partial charge in [-0.3, -0.25) is 4.79 Å². The van der Waals surface area contributed by atoms with Crippen LogP contribution < -0.4 is 15.1 Å². The van der Waals surface area contributed by atoms with Crippen molar-refractivity contribution in [2.24, 2.45) is 5.92 Å². The normalized spacial score (nSPS) is 17.7. The summed E-state index contributed by atoms with van der Waals surface area (Å²) in [6.07, 6.45) is 12.0. The third kappa shape index (κ3) is 4.77. The molecule has 0 radical (unpaired) electrons. The standard InChI is InChI=1S/C21H28N6O/c28-20(9-8-17-5-1-2-6-17)25-18-15-23-21(24-16-18)27-13-11-26(12-14-27)19-7-3-4-10-22-19/h3-4,7,10,15-17H,1-2,5-6,8-9,11-14H2,(H,25,28). The number of nitrogens with one attached hydrogen (secondary N) is 1. The molecule has 2 aromatic heterocycles. The Balaban J connectivity index is 1.25. The number of aromatic nitrogens is 3. The first-order valence-corrected chi connectivity index (χ1v) is 10.3. The first-order valence-electron chi connectivity index (χ1n) is 10.3. The third-order valence-corrected chi connectivity index (χ3v) is 5.71. The zero-order chi connectivity index (χ0) is 19.2. The second-order valence-corrected chi connectivity index (χ2v) is 7.67. The molecule has 1 aliphatic heterocycles. The fourth-order valence-electron chi connectivity index (χ4n) is 4.08. The summed E-state index contributed by atoms with van der Waals surface area (Å²) in [5, 5.41) is 2.93. The average Bonchev–Trinajstić information content (AvgIpc) is 3.27. The van der Waals surface area contributed by atoms with E-state index in [0.717, 1.165) is 44.3 Å². The van der Waals surface area contributed by atoms with Crippen molar-refractivity contribution in [1.29, 1.82) is 0 Å². The second-order valence-electron chi connectivity index (χ2n) is 7.67. The molecule has 1 amide bonds. The lowest BCUT2D eigenvalue weighted by molar-refractivity contribution is -0.116. The summed E-state index contributed by atoms with van der Waals surface area (Å²) in [5.41, 5.74) is 0.673. The Morgan fingerprint density at radius 1 is 1.00 bits per heavy atom. The maximum atomic E-state index is 12.1. The highest BCUT2D eigenvalue weighted by Crippen LogP contribution is 2.28. The minimum Gasteiger partial charge on any atom is -0.353 e. The maximum absolute atomic E-state index is 12.1. The Morgan fingerprint density at radius 2 is 1.71 bits per heavy atom. The van der Waals surface area contributed by atoms with Crippen LogP contribution in [0.25, 0.3) is 0 Å². The molecular formula is C21H28N6O. The SMILES string of the molecule is O=C(CCC1CCCC1)Nc1cnc(N2CCN(c3ccccn3)CC2)nc1. The van der Waals surface area contributed by atoms with Gasteiger partial charge in [-0.2, -0.15) is 0 Å². The van der Waals surface area contributed by atoms with Gasteiger partial charge >= 0.3 is 0 Å². The van der Waals surface area contributed by atoms with Gasteiger partial charge in [0.1, 0.15) is 5.82 Å². The van der Waals surface area contributed by atoms with E-state index in [1.165, 1.54) is 25.7 Å². The lowest BCUT2D eigenvalue weighted by Crippen LogP contribution is -2.47. The van der Waals surface area contributed by atoms with Gasteiger partial charge in [-0.15, -0.1) is 0 Å². The number of carbonyl (C=O) groups is 1. The summed E-state index contributed by atoms with van der Waals surface area (Å²) < 4.78 is 0. The van der Waals surface area contributed by atoms with Crippen molar-refractivity contribution in [1.82, 2.24) is 15.0 Å². The summed E-state index contributed by atoms with van der Waals surface area (Å²) in [6, 6.07) is 5.98. The van der Waals surface area contributed by atoms with Gasteiger partial charge in [0, 0.05) is 38.8 Å². The van der Waals surface area contributed by atoms with Crippen LogP contribution in [0, 0.1) is 5.92 Å². The van der Waals surface area contributed by atoms with Crippen molar-refractivity contribution < 1.29 is 4.79 Å². The van der Waals surface area contributed by atoms with Crippen molar-refractivity contribution in [3.05, 3.63) is 36.8 Å². The van der Waals surface area contributed by atoms with Crippen molar-refractivity contribution in [2.75, 3.05) is 41.3 Å². The largest absolute Gasteiger partial charge is 0.353 e. The van der Waals surface area contributed by atoms with Gasteiger partial charge in [0.15, 0.2) is 0 Å². The molecule has 1 aliphatic carbocycles. The maximum Gasteiger partial charge on any atom is 0.225 e. The Hall–Kier alpha value is -2.70. The summed E-state index contributed by atoms with van der Waals surface area (Å²) in [6.45, 7) is 3.48. The fourth-order valence-corrected chi connectivity index (χ4v) is 4.08. The molecule has 1 saturated carbocycles. The van der Waals surface area contributed by atoms with Crippen LogP contribution in [0.1, 0.15) is 38.5 Å². The number of piperazine rings is 1. The van der Waals surface area contributed by atoms with Gasteiger partial charge in [-0.25, -0.2) is 15.0 Å². The molecule has 1 N–H and O–H groups in total. The Bertz CT molecular complexity index is 752. The zero-order valence-corrected chi connectivity index (χ0v) is 16.3. The van der Waals surface area contributed by atoms with E-state index in [1.807, 2.05) is 24.4 Å². The van der Waals surface area contributed by atoms with Gasteiger partial charge in [-0.1, -0.05) is 31.7 Å². The van der Waals surface area contributed by atoms with Gasteiger partial charge < -0.3 is 15.1 Å². The predicted molar refractivity (Wildman–Crippen MR) is 111 cm³/mol. The van der Waals surface area contributed by atoms with Gasteiger partial charge in [0.2, 0.25) is 11.9 Å². The van der Waals surface area contributed by atoms with E-state index >= 15 is 0 Å². The zero-order valence-electron chi connectivity index (χ0n) is 16.3. The van der Waals surface area contributed by atoms with Crippen molar-refractivity contribution in [2.45, 2.75) is 38.5 Å². The monoisotopic (exact) mass is 380 g/mol. The van der Waals surface area contributed by atoms with E-state index in [2.05, 4.69) is 30.1 Å². The fraction of sp³-hybridized carbons (Fsp3) is 0.524. The first-order chi connectivity index (χ1) is 13.8. The van der Waals surface area contributed by atoms with E-state index in [0.29, 0.717) is 18.1 Å². The molecular weight excluding hydrogens is 352 g/mol. The number of nitrogens with zero attached hydrogens (tertiary/aromatic N) is 5. The summed E-state index contributed by atoms with van der Waals surface area (Å²) in [7, 11) is 0. The number of hydrogen-bond donors (Lipinski definition) is 1. The predicted octanol–water partition coefficient (Wildman–Crippen LogP) is 3.11. The number of carbonyl (C=O) groups excluding carboxylic acids is 1. The van der Waals surface area contributed by atoms with E-state index in [1.54, 1.807) is 12.4 Å². The molecule has 3 heterocycles. The average molecular weight is 380 g/mol. The highest BCUT2D eigenvalue weighted by atomic mass is 16.1. The van der Waals surface area contributed by atoms with Crippen LogP contribution in [0.3, 0.4) is 0 Å². The lowest BCUT2D eigenvalue weighted by atomic mass is 10.0. The van der Waals surface area contributed by atoms with Gasteiger partial charge in [0.25, 0.3) is 0 Å². The lowest BCUT2D eigenvalue weighted by Gasteiger charge is -2.35. The van der Waals surface area contributed by atoms with E-state index in [9.17, 15) is 4.79 Å². The van der Waals surface area contributed by atoms with Gasteiger partial charge in [-0.05, 0) is 24.5 Å². The molecule has 0 bridgehead atoms. The molecule has 2 aromatic rings. The second kappa shape index (κ2) is 8.99. The van der Waals surface area contributed by atoms with Crippen LogP contribution in [0.2, 0.25) is 0 Å². The summed E-state index contributed by atoms with van der Waals surface area (Å²) >= 11 is 0. The summed E-state index contributed by atoms with van der Waals surface area (Å²) in [4.78, 5) is 29.9. The minimum atomic E-state index is 0.0622. The molecule has 28 heavy (non-hydrogen) atoms. The van der Waals surface area contributed by atoms with Crippen LogP contribution in [0.4, 0.5) is 17.5 Å². The van der Waals surface area contributed by atoms with Crippen molar-refractivity contribution in [3.63, 3.8) is 0 Å². The van der Waals surface area contributed by atoms with Crippen LogP contribution in [-0.4, -0.2) is 47.0 Å². The molecule has 7 heteroatoms. The Morgan fingerprint density at radius 3 is 2.39 bits per heavy atom. The molecule has 0 atom stereocenters. The number of rotatable bonds is 6. The molecule has 0 aromatic carbocycles. The van der Waals surface area contributed by atoms with Crippen LogP contribution in [-0.2, 0) is 4.79 Å². The van der Waals surface area contributed by atoms with Crippen molar-refractivity contribution >= 4 is 23.4 Å². The van der Waals surface area contributed by atoms with Crippen LogP contribution in [0.5, 0.6) is 0 Å². The smallest absolute Gasteiger partial charge is 0.225 e. The van der Waals surface area contributed by atoms with E-state index in [-0.39, 0.29) is 5.91 Å². The van der Waals surface area contributed by atoms with Crippen LogP contribution >= 0.6 is 0 Å². The van der Waals surface area contributed by atoms with Gasteiger partial charge in [0.05, 0.1) is 18.1 Å². The highest BCUT2D eigenvalue weighted by Gasteiger charge is 2.20. The number of pyridine rings is 1. The molecule has 2 aliphatic rings. The molecule has 1 saturated heterocycles. The minimum absolute atomic E-state index is 0.0622. The molecule has 2 fully saturated rings.